The molecular formula is C17H21N3O. The third-order valence-electron chi connectivity index (χ3n) is 4.08. The Labute approximate surface area is 125 Å². The van der Waals surface area contributed by atoms with Gasteiger partial charge in [-0.2, -0.15) is 0 Å². The van der Waals surface area contributed by atoms with E-state index in [4.69, 9.17) is 0 Å². The van der Waals surface area contributed by atoms with Gasteiger partial charge in [0, 0.05) is 30.7 Å². The van der Waals surface area contributed by atoms with Gasteiger partial charge in [-0.3, -0.25) is 14.7 Å². The van der Waals surface area contributed by atoms with Crippen LogP contribution in [-0.2, 0) is 11.3 Å². The van der Waals surface area contributed by atoms with Gasteiger partial charge in [0.05, 0.1) is 5.52 Å². The highest BCUT2D eigenvalue weighted by atomic mass is 16.1. The second kappa shape index (κ2) is 5.82. The Hall–Kier alpha value is -1.94. The summed E-state index contributed by atoms with van der Waals surface area (Å²) in [4.78, 5) is 18.3. The molecule has 4 nitrogen and oxygen atoms in total. The summed E-state index contributed by atoms with van der Waals surface area (Å²) in [6.07, 6.45) is 4.57. The molecule has 0 radical (unpaired) electrons. The smallest absolute Gasteiger partial charge is 0.221 e. The van der Waals surface area contributed by atoms with Crippen LogP contribution in [0.15, 0.2) is 24.4 Å². The standard InChI is InChI=1S/C17H21N3O/c1-12-16(19-13(2)21)6-5-15-9-14(10-18-17(12)15)11-20-7-3-4-8-20/h5-6,9-10H,3-4,7-8,11H2,1-2H3,(H,19,21). The largest absolute Gasteiger partial charge is 0.326 e. The third-order valence-corrected chi connectivity index (χ3v) is 4.08. The number of rotatable bonds is 3. The van der Waals surface area contributed by atoms with Crippen molar-refractivity contribution in [3.63, 3.8) is 0 Å². The third kappa shape index (κ3) is 3.05. The minimum Gasteiger partial charge on any atom is -0.326 e. The van der Waals surface area contributed by atoms with Crippen LogP contribution < -0.4 is 5.32 Å². The van der Waals surface area contributed by atoms with E-state index in [0.29, 0.717) is 0 Å². The molecule has 2 aromatic rings. The van der Waals surface area contributed by atoms with Crippen LogP contribution in [0.25, 0.3) is 10.9 Å². The summed E-state index contributed by atoms with van der Waals surface area (Å²) in [7, 11) is 0. The molecule has 1 aromatic carbocycles. The summed E-state index contributed by atoms with van der Waals surface area (Å²) >= 11 is 0. The molecule has 4 heteroatoms. The van der Waals surface area contributed by atoms with E-state index in [-0.39, 0.29) is 5.91 Å². The summed E-state index contributed by atoms with van der Waals surface area (Å²) in [6, 6.07) is 6.21. The van der Waals surface area contributed by atoms with E-state index in [1.165, 1.54) is 38.4 Å². The van der Waals surface area contributed by atoms with Crippen LogP contribution in [0.4, 0.5) is 5.69 Å². The van der Waals surface area contributed by atoms with Crippen LogP contribution in [0, 0.1) is 6.92 Å². The number of carbonyl (C=O) groups excluding carboxylic acids is 1. The average Bonchev–Trinajstić information content (AvgIpc) is 2.94. The maximum absolute atomic E-state index is 11.2. The first kappa shape index (κ1) is 14.0. The van der Waals surface area contributed by atoms with Crippen LogP contribution in [-0.4, -0.2) is 28.9 Å². The lowest BCUT2D eigenvalue weighted by molar-refractivity contribution is -0.114. The number of fused-ring (bicyclic) bond motifs is 1. The van der Waals surface area contributed by atoms with E-state index in [1.54, 1.807) is 0 Å². The molecule has 3 rings (SSSR count). The van der Waals surface area contributed by atoms with Crippen molar-refractivity contribution in [3.05, 3.63) is 35.5 Å². The van der Waals surface area contributed by atoms with Gasteiger partial charge in [-0.1, -0.05) is 6.07 Å². The monoisotopic (exact) mass is 283 g/mol. The van der Waals surface area contributed by atoms with Gasteiger partial charge in [-0.05, 0) is 56.1 Å². The zero-order valence-electron chi connectivity index (χ0n) is 12.6. The van der Waals surface area contributed by atoms with Crippen molar-refractivity contribution in [1.82, 2.24) is 9.88 Å². The summed E-state index contributed by atoms with van der Waals surface area (Å²) in [5.74, 6) is -0.0527. The van der Waals surface area contributed by atoms with Crippen LogP contribution in [0.5, 0.6) is 0 Å². The summed E-state index contributed by atoms with van der Waals surface area (Å²) < 4.78 is 0. The van der Waals surface area contributed by atoms with Gasteiger partial charge in [0.15, 0.2) is 0 Å². The molecule has 2 heterocycles. The van der Waals surface area contributed by atoms with Crippen LogP contribution in [0.3, 0.4) is 0 Å². The predicted octanol–water partition coefficient (Wildman–Crippen LogP) is 3.10. The maximum atomic E-state index is 11.2. The first-order chi connectivity index (χ1) is 10.1. The summed E-state index contributed by atoms with van der Waals surface area (Å²) in [5, 5.41) is 3.99. The lowest BCUT2D eigenvalue weighted by Crippen LogP contribution is -2.18. The number of benzene rings is 1. The Morgan fingerprint density at radius 3 is 2.81 bits per heavy atom. The lowest BCUT2D eigenvalue weighted by atomic mass is 10.1. The normalized spacial score (nSPS) is 15.5. The van der Waals surface area contributed by atoms with Crippen LogP contribution in [0.2, 0.25) is 0 Å². The molecule has 21 heavy (non-hydrogen) atoms. The van der Waals surface area contributed by atoms with E-state index in [9.17, 15) is 4.79 Å². The number of anilines is 1. The zero-order valence-corrected chi connectivity index (χ0v) is 12.6. The Kier molecular flexibility index (Phi) is 3.88. The first-order valence-corrected chi connectivity index (χ1v) is 7.51. The predicted molar refractivity (Wildman–Crippen MR) is 85.3 cm³/mol. The quantitative estimate of drug-likeness (QED) is 0.941. The number of carbonyl (C=O) groups is 1. The number of pyridine rings is 1. The van der Waals surface area contributed by atoms with Gasteiger partial charge in [-0.25, -0.2) is 0 Å². The van der Waals surface area contributed by atoms with Crippen molar-refractivity contribution in [2.45, 2.75) is 33.2 Å². The SMILES string of the molecule is CC(=O)Nc1ccc2cc(CN3CCCC3)cnc2c1C. The highest BCUT2D eigenvalue weighted by Gasteiger charge is 2.13. The first-order valence-electron chi connectivity index (χ1n) is 7.51. The number of nitrogens with zero attached hydrogens (tertiary/aromatic N) is 2. The van der Waals surface area contributed by atoms with Gasteiger partial charge in [0.2, 0.25) is 5.91 Å². The molecule has 0 spiro atoms. The van der Waals surface area contributed by atoms with E-state index in [1.807, 2.05) is 25.3 Å². The molecule has 0 unspecified atom stereocenters. The van der Waals surface area contributed by atoms with E-state index >= 15 is 0 Å². The molecule has 1 saturated heterocycles. The molecular weight excluding hydrogens is 262 g/mol. The molecule has 1 amide bonds. The Morgan fingerprint density at radius 2 is 2.10 bits per heavy atom. The topological polar surface area (TPSA) is 45.2 Å². The summed E-state index contributed by atoms with van der Waals surface area (Å²) in [5.41, 5.74) is 4.09. The number of aryl methyl sites for hydroxylation is 1. The molecule has 1 N–H and O–H groups in total. The number of likely N-dealkylation sites (tertiary alicyclic amines) is 1. The zero-order chi connectivity index (χ0) is 14.8. The molecule has 0 aliphatic carbocycles. The van der Waals surface area contributed by atoms with Gasteiger partial charge in [0.1, 0.15) is 0 Å². The molecule has 0 bridgehead atoms. The lowest BCUT2D eigenvalue weighted by Gasteiger charge is -2.15. The van der Waals surface area contributed by atoms with Crippen molar-refractivity contribution >= 4 is 22.5 Å². The van der Waals surface area contributed by atoms with Crippen molar-refractivity contribution in [1.29, 1.82) is 0 Å². The highest BCUT2D eigenvalue weighted by molar-refractivity contribution is 5.94. The number of hydrogen-bond acceptors (Lipinski definition) is 3. The van der Waals surface area contributed by atoms with E-state index in [0.717, 1.165) is 28.7 Å². The Balaban J connectivity index is 1.89. The molecule has 110 valence electrons. The number of amides is 1. The van der Waals surface area contributed by atoms with Crippen LogP contribution in [0.1, 0.15) is 30.9 Å². The van der Waals surface area contributed by atoms with Gasteiger partial charge in [0.25, 0.3) is 0 Å². The average molecular weight is 283 g/mol. The fourth-order valence-corrected chi connectivity index (χ4v) is 3.00. The van der Waals surface area contributed by atoms with Crippen LogP contribution >= 0.6 is 0 Å². The number of aromatic nitrogens is 1. The molecule has 1 aliphatic rings. The minimum absolute atomic E-state index is 0.0527. The van der Waals surface area contributed by atoms with Crippen molar-refractivity contribution in [2.24, 2.45) is 0 Å². The molecule has 0 atom stereocenters. The highest BCUT2D eigenvalue weighted by Crippen LogP contribution is 2.25. The molecule has 0 saturated carbocycles. The van der Waals surface area contributed by atoms with Crippen molar-refractivity contribution < 1.29 is 4.79 Å². The van der Waals surface area contributed by atoms with Gasteiger partial charge >= 0.3 is 0 Å². The molecule has 1 fully saturated rings. The second-order valence-electron chi connectivity index (χ2n) is 5.82. The Morgan fingerprint density at radius 1 is 1.33 bits per heavy atom. The van der Waals surface area contributed by atoms with Crippen molar-refractivity contribution in [3.8, 4) is 0 Å². The maximum Gasteiger partial charge on any atom is 0.221 e. The number of hydrogen-bond donors (Lipinski definition) is 1. The van der Waals surface area contributed by atoms with Gasteiger partial charge < -0.3 is 5.32 Å². The molecule has 1 aromatic heterocycles. The number of nitrogens with one attached hydrogen (secondary N) is 1. The summed E-state index contributed by atoms with van der Waals surface area (Å²) in [6.45, 7) is 6.89. The molecule has 1 aliphatic heterocycles. The van der Waals surface area contributed by atoms with E-state index in [2.05, 4.69) is 21.3 Å². The van der Waals surface area contributed by atoms with Crippen molar-refractivity contribution in [2.75, 3.05) is 18.4 Å². The fraction of sp³-hybridized carbons (Fsp3) is 0.412. The fourth-order valence-electron chi connectivity index (χ4n) is 3.00. The Bertz CT molecular complexity index is 675. The van der Waals surface area contributed by atoms with Gasteiger partial charge in [-0.15, -0.1) is 0 Å². The second-order valence-corrected chi connectivity index (χ2v) is 5.82. The van der Waals surface area contributed by atoms with E-state index < -0.39 is 0 Å². The minimum atomic E-state index is -0.0527.